The summed E-state index contributed by atoms with van der Waals surface area (Å²) in [5.41, 5.74) is 8.50. The lowest BCUT2D eigenvalue weighted by molar-refractivity contribution is 0.0950. The second-order valence-electron chi connectivity index (χ2n) is 5.25. The van der Waals surface area contributed by atoms with Crippen LogP contribution in [-0.2, 0) is 6.54 Å². The topological polar surface area (TPSA) is 82.8 Å². The van der Waals surface area contributed by atoms with Gasteiger partial charge in [0.25, 0.3) is 5.91 Å². The first-order chi connectivity index (χ1) is 11.5. The molecular formula is C18H23ClN2O4. The van der Waals surface area contributed by atoms with Gasteiger partial charge in [-0.1, -0.05) is 6.07 Å². The van der Waals surface area contributed by atoms with Crippen molar-refractivity contribution in [2.75, 3.05) is 27.1 Å². The van der Waals surface area contributed by atoms with Gasteiger partial charge in [0.2, 0.25) is 5.75 Å². The molecule has 0 saturated carbocycles. The van der Waals surface area contributed by atoms with Gasteiger partial charge in [-0.05, 0) is 36.8 Å². The maximum atomic E-state index is 12.4. The van der Waals surface area contributed by atoms with Crippen LogP contribution in [0.2, 0.25) is 0 Å². The Hall–Kier alpha value is -2.60. The number of methoxy groups -OCH3 is 3. The van der Waals surface area contributed by atoms with Gasteiger partial charge in [-0.15, -0.1) is 12.4 Å². The molecule has 0 heterocycles. The smallest absolute Gasteiger partial charge is 0.251 e. The number of nitrogen functional groups attached to an aromatic ring is 1. The number of carbonyl (C=O) groups is 1. The maximum absolute atomic E-state index is 12.4. The highest BCUT2D eigenvalue weighted by molar-refractivity contribution is 5.96. The van der Waals surface area contributed by atoms with Crippen LogP contribution in [0.25, 0.3) is 0 Å². The molecule has 0 atom stereocenters. The average Bonchev–Trinajstić information content (AvgIpc) is 2.60. The van der Waals surface area contributed by atoms with Crippen LogP contribution in [0.3, 0.4) is 0 Å². The Morgan fingerprint density at radius 3 is 2.32 bits per heavy atom. The number of amides is 1. The Morgan fingerprint density at radius 1 is 1.04 bits per heavy atom. The molecule has 2 aromatic carbocycles. The van der Waals surface area contributed by atoms with Crippen LogP contribution in [0.15, 0.2) is 30.3 Å². The van der Waals surface area contributed by atoms with Crippen molar-refractivity contribution in [1.82, 2.24) is 5.32 Å². The van der Waals surface area contributed by atoms with E-state index in [-0.39, 0.29) is 24.9 Å². The van der Waals surface area contributed by atoms with Gasteiger partial charge in [0.15, 0.2) is 11.5 Å². The fourth-order valence-electron chi connectivity index (χ4n) is 2.46. The molecule has 6 nitrogen and oxygen atoms in total. The number of rotatable bonds is 6. The summed E-state index contributed by atoms with van der Waals surface area (Å²) in [6.45, 7) is 2.15. The molecule has 2 aromatic rings. The molecule has 7 heteroatoms. The van der Waals surface area contributed by atoms with E-state index >= 15 is 0 Å². The minimum atomic E-state index is -0.198. The number of halogens is 1. The molecule has 0 radical (unpaired) electrons. The van der Waals surface area contributed by atoms with E-state index in [9.17, 15) is 4.79 Å². The summed E-state index contributed by atoms with van der Waals surface area (Å²) in [5, 5.41) is 2.88. The van der Waals surface area contributed by atoms with Crippen molar-refractivity contribution >= 4 is 24.0 Å². The van der Waals surface area contributed by atoms with Crippen molar-refractivity contribution < 1.29 is 19.0 Å². The quantitative estimate of drug-likeness (QED) is 0.768. The summed E-state index contributed by atoms with van der Waals surface area (Å²) in [5.74, 6) is 1.39. The predicted octanol–water partition coefficient (Wildman–Crippen LogP) is 2.95. The minimum absolute atomic E-state index is 0. The Kier molecular flexibility index (Phi) is 7.39. The third-order valence-corrected chi connectivity index (χ3v) is 3.73. The van der Waals surface area contributed by atoms with Gasteiger partial charge in [-0.2, -0.15) is 0 Å². The third-order valence-electron chi connectivity index (χ3n) is 3.73. The molecule has 0 unspecified atom stereocenters. The number of nitrogens with one attached hydrogen (secondary N) is 1. The molecule has 0 aromatic heterocycles. The van der Waals surface area contributed by atoms with E-state index in [1.165, 1.54) is 0 Å². The fraction of sp³-hybridized carbons (Fsp3) is 0.278. The first kappa shape index (κ1) is 20.4. The summed E-state index contributed by atoms with van der Waals surface area (Å²) >= 11 is 0. The number of carbonyl (C=O) groups excluding carboxylic acids is 1. The van der Waals surface area contributed by atoms with Crippen LogP contribution < -0.4 is 25.3 Å². The van der Waals surface area contributed by atoms with Crippen molar-refractivity contribution in [3.63, 3.8) is 0 Å². The molecule has 0 saturated heterocycles. The van der Waals surface area contributed by atoms with Crippen molar-refractivity contribution in [3.05, 3.63) is 47.0 Å². The van der Waals surface area contributed by atoms with Crippen molar-refractivity contribution in [3.8, 4) is 17.2 Å². The highest BCUT2D eigenvalue weighted by atomic mass is 35.5. The van der Waals surface area contributed by atoms with Gasteiger partial charge in [0.1, 0.15) is 0 Å². The first-order valence-corrected chi connectivity index (χ1v) is 7.44. The standard InChI is InChI=1S/C18H22N2O4.ClH/c1-11-5-7-13(19)9-14(11)18(21)20-10-12-6-8-15(22-2)17(24-4)16(12)23-3;/h5-9H,10,19H2,1-4H3,(H,20,21);1H. The number of benzene rings is 2. The minimum Gasteiger partial charge on any atom is -0.493 e. The molecule has 0 aliphatic rings. The van der Waals surface area contributed by atoms with Gasteiger partial charge in [-0.3, -0.25) is 4.79 Å². The molecule has 2 rings (SSSR count). The van der Waals surface area contributed by atoms with Crippen LogP contribution in [0, 0.1) is 6.92 Å². The number of aryl methyl sites for hydroxylation is 1. The molecular weight excluding hydrogens is 344 g/mol. The molecule has 0 spiro atoms. The van der Waals surface area contributed by atoms with Gasteiger partial charge in [0.05, 0.1) is 21.3 Å². The molecule has 3 N–H and O–H groups in total. The lowest BCUT2D eigenvalue weighted by Gasteiger charge is -2.16. The van der Waals surface area contributed by atoms with E-state index in [2.05, 4.69) is 5.32 Å². The molecule has 0 aliphatic carbocycles. The largest absolute Gasteiger partial charge is 0.493 e. The summed E-state index contributed by atoms with van der Waals surface area (Å²) in [6.07, 6.45) is 0. The van der Waals surface area contributed by atoms with E-state index in [4.69, 9.17) is 19.9 Å². The zero-order chi connectivity index (χ0) is 17.7. The Morgan fingerprint density at radius 2 is 1.72 bits per heavy atom. The average molecular weight is 367 g/mol. The number of ether oxygens (including phenoxy) is 3. The van der Waals surface area contributed by atoms with Crippen molar-refractivity contribution in [2.45, 2.75) is 13.5 Å². The van der Waals surface area contributed by atoms with Crippen LogP contribution in [-0.4, -0.2) is 27.2 Å². The number of hydrogen-bond donors (Lipinski definition) is 2. The normalized spacial score (nSPS) is 9.76. The second kappa shape index (κ2) is 9.03. The van der Waals surface area contributed by atoms with E-state index in [0.29, 0.717) is 28.5 Å². The van der Waals surface area contributed by atoms with Crippen LogP contribution >= 0.6 is 12.4 Å². The Balaban J connectivity index is 0.00000312. The number of hydrogen-bond acceptors (Lipinski definition) is 5. The lowest BCUT2D eigenvalue weighted by Crippen LogP contribution is -2.24. The van der Waals surface area contributed by atoms with Crippen LogP contribution in [0.4, 0.5) is 5.69 Å². The highest BCUT2D eigenvalue weighted by Crippen LogP contribution is 2.39. The molecule has 0 aliphatic heterocycles. The van der Waals surface area contributed by atoms with E-state index in [1.54, 1.807) is 39.5 Å². The van der Waals surface area contributed by atoms with E-state index < -0.39 is 0 Å². The molecule has 0 fully saturated rings. The highest BCUT2D eigenvalue weighted by Gasteiger charge is 2.17. The van der Waals surface area contributed by atoms with Crippen molar-refractivity contribution in [1.29, 1.82) is 0 Å². The van der Waals surface area contributed by atoms with Crippen molar-refractivity contribution in [2.24, 2.45) is 0 Å². The van der Waals surface area contributed by atoms with Crippen LogP contribution in [0.1, 0.15) is 21.5 Å². The predicted molar refractivity (Wildman–Crippen MR) is 100 cm³/mol. The Bertz CT molecular complexity index is 750. The fourth-order valence-corrected chi connectivity index (χ4v) is 2.46. The SMILES string of the molecule is COc1ccc(CNC(=O)c2cc(N)ccc2C)c(OC)c1OC.Cl. The number of nitrogens with two attached hydrogens (primary N) is 1. The zero-order valence-electron chi connectivity index (χ0n) is 14.7. The van der Waals surface area contributed by atoms with E-state index in [0.717, 1.165) is 11.1 Å². The zero-order valence-corrected chi connectivity index (χ0v) is 15.5. The van der Waals surface area contributed by atoms with Gasteiger partial charge >= 0.3 is 0 Å². The van der Waals surface area contributed by atoms with Gasteiger partial charge < -0.3 is 25.3 Å². The summed E-state index contributed by atoms with van der Waals surface area (Å²) in [7, 11) is 4.64. The third kappa shape index (κ3) is 4.48. The molecule has 136 valence electrons. The van der Waals surface area contributed by atoms with Gasteiger partial charge in [-0.25, -0.2) is 0 Å². The molecule has 1 amide bonds. The molecule has 25 heavy (non-hydrogen) atoms. The summed E-state index contributed by atoms with van der Waals surface area (Å²) in [4.78, 5) is 12.4. The monoisotopic (exact) mass is 366 g/mol. The van der Waals surface area contributed by atoms with Gasteiger partial charge in [0, 0.05) is 23.4 Å². The lowest BCUT2D eigenvalue weighted by atomic mass is 10.1. The Labute approximate surface area is 153 Å². The van der Waals surface area contributed by atoms with E-state index in [1.807, 2.05) is 19.1 Å². The first-order valence-electron chi connectivity index (χ1n) is 7.44. The maximum Gasteiger partial charge on any atom is 0.251 e. The number of anilines is 1. The summed E-state index contributed by atoms with van der Waals surface area (Å²) in [6, 6.07) is 8.85. The second-order valence-corrected chi connectivity index (χ2v) is 5.25. The van der Waals surface area contributed by atoms with Crippen LogP contribution in [0.5, 0.6) is 17.2 Å². The summed E-state index contributed by atoms with van der Waals surface area (Å²) < 4.78 is 16.0. The molecule has 0 bridgehead atoms.